The smallest absolute Gasteiger partial charge is 0.248 e. The molecule has 0 spiro atoms. The van der Waals surface area contributed by atoms with Crippen LogP contribution in [0, 0.1) is 11.8 Å². The van der Waals surface area contributed by atoms with Crippen LogP contribution in [-0.4, -0.2) is 43.2 Å². The lowest BCUT2D eigenvalue weighted by molar-refractivity contribution is -0.141. The van der Waals surface area contributed by atoms with E-state index >= 15 is 0 Å². The Bertz CT molecular complexity index is 233. The van der Waals surface area contributed by atoms with Crippen molar-refractivity contribution in [1.29, 1.82) is 0 Å². The molecule has 0 saturated carbocycles. The number of rotatable bonds is 4. The van der Waals surface area contributed by atoms with Crippen molar-refractivity contribution in [3.8, 4) is 0 Å². The van der Waals surface area contributed by atoms with E-state index in [9.17, 15) is 4.79 Å². The molecule has 1 amide bonds. The second-order valence-electron chi connectivity index (χ2n) is 4.95. The van der Waals surface area contributed by atoms with Gasteiger partial charge in [-0.3, -0.25) is 4.79 Å². The molecule has 16 heavy (non-hydrogen) atoms. The van der Waals surface area contributed by atoms with Crippen LogP contribution in [0.5, 0.6) is 0 Å². The van der Waals surface area contributed by atoms with Crippen LogP contribution in [0.25, 0.3) is 0 Å². The lowest BCUT2D eigenvalue weighted by Gasteiger charge is -2.41. The maximum atomic E-state index is 11.9. The Hall–Kier alpha value is -0.610. The zero-order valence-corrected chi connectivity index (χ0v) is 10.6. The molecule has 1 rings (SSSR count). The van der Waals surface area contributed by atoms with E-state index in [0.29, 0.717) is 31.0 Å². The fraction of sp³-hybridized carbons (Fsp3) is 0.917. The predicted octanol–water partition coefficient (Wildman–Crippen LogP) is 0.855. The summed E-state index contributed by atoms with van der Waals surface area (Å²) in [6.45, 7) is 8.48. The van der Waals surface area contributed by atoms with Crippen LogP contribution < -0.4 is 5.73 Å². The van der Waals surface area contributed by atoms with Gasteiger partial charge in [-0.05, 0) is 25.2 Å². The van der Waals surface area contributed by atoms with E-state index in [-0.39, 0.29) is 12.5 Å². The minimum absolute atomic E-state index is 0.0966. The van der Waals surface area contributed by atoms with Crippen LogP contribution in [0.4, 0.5) is 0 Å². The predicted molar refractivity (Wildman–Crippen MR) is 64.0 cm³/mol. The molecule has 3 atom stereocenters. The molecule has 0 aliphatic carbocycles. The molecule has 0 bridgehead atoms. The van der Waals surface area contributed by atoms with Crippen molar-refractivity contribution >= 4 is 5.91 Å². The standard InChI is InChI=1S/C12H24N2O2/c1-9-6-10(2)11(3)14(7-9)12(15)8-16-5-4-13/h9-11H,4-8,13H2,1-3H3. The Kier molecular flexibility index (Phi) is 5.22. The molecule has 1 heterocycles. The molecule has 0 radical (unpaired) electrons. The van der Waals surface area contributed by atoms with Crippen molar-refractivity contribution in [2.75, 3.05) is 26.3 Å². The summed E-state index contributed by atoms with van der Waals surface area (Å²) in [5.41, 5.74) is 5.31. The van der Waals surface area contributed by atoms with Crippen molar-refractivity contribution in [3.63, 3.8) is 0 Å². The van der Waals surface area contributed by atoms with Crippen LogP contribution in [0.3, 0.4) is 0 Å². The summed E-state index contributed by atoms with van der Waals surface area (Å²) < 4.78 is 5.20. The van der Waals surface area contributed by atoms with Crippen LogP contribution in [0.1, 0.15) is 27.2 Å². The van der Waals surface area contributed by atoms with Gasteiger partial charge >= 0.3 is 0 Å². The normalized spacial score (nSPS) is 30.5. The Labute approximate surface area is 98.1 Å². The molecule has 1 aliphatic heterocycles. The van der Waals surface area contributed by atoms with Gasteiger partial charge in [0.05, 0.1) is 6.61 Å². The van der Waals surface area contributed by atoms with E-state index in [1.165, 1.54) is 6.42 Å². The molecular formula is C12H24N2O2. The van der Waals surface area contributed by atoms with Crippen molar-refractivity contribution in [1.82, 2.24) is 4.90 Å². The summed E-state index contributed by atoms with van der Waals surface area (Å²) in [6.07, 6.45) is 1.20. The number of nitrogens with two attached hydrogens (primary N) is 1. The average molecular weight is 228 g/mol. The first kappa shape index (κ1) is 13.5. The number of hydrogen-bond donors (Lipinski definition) is 1. The number of likely N-dealkylation sites (tertiary alicyclic amines) is 1. The van der Waals surface area contributed by atoms with E-state index in [4.69, 9.17) is 10.5 Å². The van der Waals surface area contributed by atoms with Crippen molar-refractivity contribution in [2.45, 2.75) is 33.2 Å². The molecule has 0 aromatic heterocycles. The van der Waals surface area contributed by atoms with E-state index in [1.54, 1.807) is 0 Å². The minimum Gasteiger partial charge on any atom is -0.370 e. The second kappa shape index (κ2) is 6.21. The van der Waals surface area contributed by atoms with E-state index in [1.807, 2.05) is 4.90 Å². The largest absolute Gasteiger partial charge is 0.370 e. The van der Waals surface area contributed by atoms with Gasteiger partial charge < -0.3 is 15.4 Å². The summed E-state index contributed by atoms with van der Waals surface area (Å²) >= 11 is 0. The minimum atomic E-state index is 0.0966. The Morgan fingerprint density at radius 3 is 2.75 bits per heavy atom. The molecular weight excluding hydrogens is 204 g/mol. The molecule has 1 aliphatic rings. The third kappa shape index (κ3) is 3.46. The summed E-state index contributed by atoms with van der Waals surface area (Å²) in [4.78, 5) is 13.9. The quantitative estimate of drug-likeness (QED) is 0.726. The molecule has 0 aromatic rings. The van der Waals surface area contributed by atoms with Crippen LogP contribution >= 0.6 is 0 Å². The van der Waals surface area contributed by atoms with Gasteiger partial charge in [0.15, 0.2) is 0 Å². The van der Waals surface area contributed by atoms with Gasteiger partial charge in [0.2, 0.25) is 5.91 Å². The van der Waals surface area contributed by atoms with E-state index in [2.05, 4.69) is 20.8 Å². The molecule has 2 N–H and O–H groups in total. The van der Waals surface area contributed by atoms with Crippen LogP contribution in [0.2, 0.25) is 0 Å². The highest BCUT2D eigenvalue weighted by atomic mass is 16.5. The van der Waals surface area contributed by atoms with Gasteiger partial charge in [-0.25, -0.2) is 0 Å². The van der Waals surface area contributed by atoms with Gasteiger partial charge in [0.25, 0.3) is 0 Å². The number of nitrogens with zero attached hydrogens (tertiary/aromatic N) is 1. The zero-order valence-electron chi connectivity index (χ0n) is 10.6. The summed E-state index contributed by atoms with van der Waals surface area (Å²) in [7, 11) is 0. The number of hydrogen-bond acceptors (Lipinski definition) is 3. The number of piperidine rings is 1. The first-order valence-corrected chi connectivity index (χ1v) is 6.13. The summed E-state index contributed by atoms with van der Waals surface area (Å²) in [5.74, 6) is 1.26. The Morgan fingerprint density at radius 2 is 2.12 bits per heavy atom. The van der Waals surface area contributed by atoms with Crippen LogP contribution in [-0.2, 0) is 9.53 Å². The van der Waals surface area contributed by atoms with Gasteiger partial charge in [0, 0.05) is 19.1 Å². The SMILES string of the molecule is CC1CC(C)C(C)N(C(=O)COCCN)C1. The topological polar surface area (TPSA) is 55.6 Å². The van der Waals surface area contributed by atoms with Crippen LogP contribution in [0.15, 0.2) is 0 Å². The molecule has 1 saturated heterocycles. The number of carbonyl (C=O) groups is 1. The van der Waals surface area contributed by atoms with Crippen molar-refractivity contribution in [2.24, 2.45) is 17.6 Å². The number of ether oxygens (including phenoxy) is 1. The van der Waals surface area contributed by atoms with E-state index in [0.717, 1.165) is 6.54 Å². The molecule has 94 valence electrons. The fourth-order valence-corrected chi connectivity index (χ4v) is 2.37. The molecule has 4 nitrogen and oxygen atoms in total. The van der Waals surface area contributed by atoms with Crippen molar-refractivity contribution in [3.05, 3.63) is 0 Å². The average Bonchev–Trinajstić information content (AvgIpc) is 2.23. The molecule has 1 fully saturated rings. The first-order chi connectivity index (χ1) is 7.56. The second-order valence-corrected chi connectivity index (χ2v) is 4.95. The Morgan fingerprint density at radius 1 is 1.44 bits per heavy atom. The van der Waals surface area contributed by atoms with Gasteiger partial charge in [-0.1, -0.05) is 13.8 Å². The highest BCUT2D eigenvalue weighted by Crippen LogP contribution is 2.26. The summed E-state index contributed by atoms with van der Waals surface area (Å²) in [6, 6.07) is 0.324. The molecule has 3 unspecified atom stereocenters. The van der Waals surface area contributed by atoms with E-state index < -0.39 is 0 Å². The first-order valence-electron chi connectivity index (χ1n) is 6.13. The highest BCUT2D eigenvalue weighted by molar-refractivity contribution is 5.77. The highest BCUT2D eigenvalue weighted by Gasteiger charge is 2.31. The number of carbonyl (C=O) groups excluding carboxylic acids is 1. The monoisotopic (exact) mass is 228 g/mol. The molecule has 0 aromatic carbocycles. The zero-order chi connectivity index (χ0) is 12.1. The molecule has 4 heteroatoms. The lowest BCUT2D eigenvalue weighted by Crippen LogP contribution is -2.50. The fourth-order valence-electron chi connectivity index (χ4n) is 2.37. The third-order valence-electron chi connectivity index (χ3n) is 3.41. The number of amides is 1. The van der Waals surface area contributed by atoms with Gasteiger partial charge in [-0.15, -0.1) is 0 Å². The maximum absolute atomic E-state index is 11.9. The Balaban J connectivity index is 2.46. The van der Waals surface area contributed by atoms with Crippen molar-refractivity contribution < 1.29 is 9.53 Å². The van der Waals surface area contributed by atoms with Gasteiger partial charge in [-0.2, -0.15) is 0 Å². The third-order valence-corrected chi connectivity index (χ3v) is 3.41. The van der Waals surface area contributed by atoms with Gasteiger partial charge in [0.1, 0.15) is 6.61 Å². The lowest BCUT2D eigenvalue weighted by atomic mass is 9.86. The maximum Gasteiger partial charge on any atom is 0.248 e. The summed E-state index contributed by atoms with van der Waals surface area (Å²) in [5, 5.41) is 0.